The van der Waals surface area contributed by atoms with Crippen molar-refractivity contribution in [2.75, 3.05) is 35.2 Å². The Kier molecular flexibility index (Phi) is 4.73. The highest BCUT2D eigenvalue weighted by molar-refractivity contribution is 7.80. The SMILES string of the molecule is O=C1CC(CS)CN1c1ccccc1N1CCCCCC1. The predicted molar refractivity (Wildman–Crippen MR) is 91.4 cm³/mol. The molecular formula is C17H24N2OS. The largest absolute Gasteiger partial charge is 0.370 e. The number of thiol groups is 1. The minimum Gasteiger partial charge on any atom is -0.370 e. The van der Waals surface area contributed by atoms with Crippen LogP contribution in [0.2, 0.25) is 0 Å². The van der Waals surface area contributed by atoms with E-state index in [1.165, 1.54) is 31.4 Å². The molecule has 3 nitrogen and oxygen atoms in total. The maximum atomic E-state index is 12.3. The monoisotopic (exact) mass is 304 g/mol. The molecule has 1 unspecified atom stereocenters. The molecule has 1 aromatic rings. The first-order chi connectivity index (χ1) is 10.3. The van der Waals surface area contributed by atoms with E-state index >= 15 is 0 Å². The second kappa shape index (κ2) is 6.73. The Morgan fingerprint density at radius 2 is 1.71 bits per heavy atom. The molecule has 2 heterocycles. The molecule has 2 aliphatic heterocycles. The number of nitrogens with zero attached hydrogens (tertiary/aromatic N) is 2. The van der Waals surface area contributed by atoms with Crippen LogP contribution in [0.5, 0.6) is 0 Å². The number of para-hydroxylation sites is 2. The molecule has 0 saturated carbocycles. The van der Waals surface area contributed by atoms with E-state index in [2.05, 4.69) is 35.7 Å². The molecule has 2 fully saturated rings. The lowest BCUT2D eigenvalue weighted by Crippen LogP contribution is -2.30. The van der Waals surface area contributed by atoms with Crippen LogP contribution in [-0.2, 0) is 4.79 Å². The Hall–Kier alpha value is -1.16. The molecule has 2 aliphatic rings. The molecule has 1 aromatic carbocycles. The minimum atomic E-state index is 0.247. The quantitative estimate of drug-likeness (QED) is 0.866. The van der Waals surface area contributed by atoms with Gasteiger partial charge in [0.1, 0.15) is 0 Å². The molecule has 2 saturated heterocycles. The number of hydrogen-bond acceptors (Lipinski definition) is 3. The molecule has 21 heavy (non-hydrogen) atoms. The summed E-state index contributed by atoms with van der Waals surface area (Å²) in [7, 11) is 0. The van der Waals surface area contributed by atoms with Crippen LogP contribution in [0.1, 0.15) is 32.1 Å². The van der Waals surface area contributed by atoms with Gasteiger partial charge in [0.05, 0.1) is 11.4 Å². The summed E-state index contributed by atoms with van der Waals surface area (Å²) in [4.78, 5) is 16.8. The summed E-state index contributed by atoms with van der Waals surface area (Å²) in [6, 6.07) is 8.39. The Morgan fingerprint density at radius 1 is 1.05 bits per heavy atom. The van der Waals surface area contributed by atoms with Crippen molar-refractivity contribution in [3.8, 4) is 0 Å². The van der Waals surface area contributed by atoms with Crippen LogP contribution in [0.3, 0.4) is 0 Å². The number of anilines is 2. The standard InChI is InChI=1S/C17H24N2OS/c20-17-11-14(13-21)12-19(17)16-8-4-3-7-15(16)18-9-5-1-2-6-10-18/h3-4,7-8,14,21H,1-2,5-6,9-13H2. The molecule has 3 rings (SSSR count). The van der Waals surface area contributed by atoms with Crippen LogP contribution >= 0.6 is 12.6 Å². The van der Waals surface area contributed by atoms with E-state index in [0.717, 1.165) is 31.1 Å². The smallest absolute Gasteiger partial charge is 0.227 e. The Bertz CT molecular complexity index is 497. The van der Waals surface area contributed by atoms with Gasteiger partial charge in [-0.05, 0) is 36.6 Å². The van der Waals surface area contributed by atoms with Gasteiger partial charge in [0.2, 0.25) is 5.91 Å². The van der Waals surface area contributed by atoms with Gasteiger partial charge in [0.25, 0.3) is 0 Å². The molecular weight excluding hydrogens is 280 g/mol. The summed E-state index contributed by atoms with van der Waals surface area (Å²) < 4.78 is 0. The molecule has 114 valence electrons. The van der Waals surface area contributed by atoms with E-state index in [-0.39, 0.29) is 5.91 Å². The van der Waals surface area contributed by atoms with E-state index in [9.17, 15) is 4.79 Å². The second-order valence-corrected chi connectivity index (χ2v) is 6.51. The Balaban J connectivity index is 1.87. The van der Waals surface area contributed by atoms with E-state index in [4.69, 9.17) is 0 Å². The Morgan fingerprint density at radius 3 is 2.33 bits per heavy atom. The van der Waals surface area contributed by atoms with Gasteiger partial charge in [-0.15, -0.1) is 0 Å². The fraction of sp³-hybridized carbons (Fsp3) is 0.588. The van der Waals surface area contributed by atoms with E-state index in [0.29, 0.717) is 12.3 Å². The Labute approximate surface area is 132 Å². The molecule has 0 N–H and O–H groups in total. The number of amides is 1. The van der Waals surface area contributed by atoms with Crippen molar-refractivity contribution in [1.29, 1.82) is 0 Å². The van der Waals surface area contributed by atoms with Gasteiger partial charge in [-0.2, -0.15) is 12.6 Å². The molecule has 0 aromatic heterocycles. The van der Waals surface area contributed by atoms with Crippen molar-refractivity contribution >= 4 is 29.9 Å². The van der Waals surface area contributed by atoms with Crippen LogP contribution in [0, 0.1) is 5.92 Å². The number of benzene rings is 1. The van der Waals surface area contributed by atoms with Gasteiger partial charge in [-0.1, -0.05) is 25.0 Å². The lowest BCUT2D eigenvalue weighted by molar-refractivity contribution is -0.117. The van der Waals surface area contributed by atoms with Gasteiger partial charge in [-0.25, -0.2) is 0 Å². The highest BCUT2D eigenvalue weighted by Gasteiger charge is 2.31. The molecule has 0 spiro atoms. The van der Waals surface area contributed by atoms with Crippen LogP contribution in [0.25, 0.3) is 0 Å². The lowest BCUT2D eigenvalue weighted by Gasteiger charge is -2.29. The van der Waals surface area contributed by atoms with E-state index in [1.54, 1.807) is 0 Å². The third kappa shape index (κ3) is 3.20. The average molecular weight is 304 g/mol. The first-order valence-electron chi connectivity index (χ1n) is 8.05. The van der Waals surface area contributed by atoms with Crippen molar-refractivity contribution in [3.05, 3.63) is 24.3 Å². The van der Waals surface area contributed by atoms with Gasteiger partial charge in [0.15, 0.2) is 0 Å². The first kappa shape index (κ1) is 14.8. The van der Waals surface area contributed by atoms with Crippen molar-refractivity contribution in [3.63, 3.8) is 0 Å². The fourth-order valence-electron chi connectivity index (χ4n) is 3.41. The number of carbonyl (C=O) groups excluding carboxylic acids is 1. The van der Waals surface area contributed by atoms with Crippen molar-refractivity contribution in [2.45, 2.75) is 32.1 Å². The minimum absolute atomic E-state index is 0.247. The fourth-order valence-corrected chi connectivity index (χ4v) is 3.65. The van der Waals surface area contributed by atoms with Crippen LogP contribution in [0.4, 0.5) is 11.4 Å². The van der Waals surface area contributed by atoms with Crippen molar-refractivity contribution in [2.24, 2.45) is 5.92 Å². The van der Waals surface area contributed by atoms with Gasteiger partial charge >= 0.3 is 0 Å². The summed E-state index contributed by atoms with van der Waals surface area (Å²) in [6.07, 6.45) is 5.78. The van der Waals surface area contributed by atoms with Gasteiger partial charge in [0, 0.05) is 26.1 Å². The van der Waals surface area contributed by atoms with Crippen LogP contribution < -0.4 is 9.80 Å². The van der Waals surface area contributed by atoms with Crippen LogP contribution in [-0.4, -0.2) is 31.3 Å². The highest BCUT2D eigenvalue weighted by Crippen LogP contribution is 2.34. The molecule has 1 atom stereocenters. The third-order valence-corrected chi connectivity index (χ3v) is 5.10. The van der Waals surface area contributed by atoms with Gasteiger partial charge in [-0.3, -0.25) is 4.79 Å². The number of hydrogen-bond donors (Lipinski definition) is 1. The molecule has 1 amide bonds. The highest BCUT2D eigenvalue weighted by atomic mass is 32.1. The third-order valence-electron chi connectivity index (χ3n) is 4.58. The predicted octanol–water partition coefficient (Wildman–Crippen LogP) is 3.35. The molecule has 0 bridgehead atoms. The molecule has 4 heteroatoms. The molecule has 0 radical (unpaired) electrons. The van der Waals surface area contributed by atoms with E-state index < -0.39 is 0 Å². The van der Waals surface area contributed by atoms with Gasteiger partial charge < -0.3 is 9.80 Å². The summed E-state index contributed by atoms with van der Waals surface area (Å²) in [5.41, 5.74) is 2.32. The van der Waals surface area contributed by atoms with Crippen molar-refractivity contribution in [1.82, 2.24) is 0 Å². The number of carbonyl (C=O) groups is 1. The van der Waals surface area contributed by atoms with E-state index in [1.807, 2.05) is 11.0 Å². The normalized spacial score (nSPS) is 23.5. The molecule has 0 aliphatic carbocycles. The zero-order chi connectivity index (χ0) is 14.7. The van der Waals surface area contributed by atoms with Crippen molar-refractivity contribution < 1.29 is 4.79 Å². The summed E-state index contributed by atoms with van der Waals surface area (Å²) >= 11 is 4.36. The summed E-state index contributed by atoms with van der Waals surface area (Å²) in [5.74, 6) is 1.42. The number of rotatable bonds is 3. The summed E-state index contributed by atoms with van der Waals surface area (Å²) in [6.45, 7) is 3.03. The van der Waals surface area contributed by atoms with Crippen LogP contribution in [0.15, 0.2) is 24.3 Å². The zero-order valence-electron chi connectivity index (χ0n) is 12.5. The second-order valence-electron chi connectivity index (χ2n) is 6.15. The topological polar surface area (TPSA) is 23.6 Å². The zero-order valence-corrected chi connectivity index (χ0v) is 13.4. The maximum absolute atomic E-state index is 12.3. The first-order valence-corrected chi connectivity index (χ1v) is 8.68. The lowest BCUT2D eigenvalue weighted by atomic mass is 10.1. The maximum Gasteiger partial charge on any atom is 0.227 e. The average Bonchev–Trinajstić information content (AvgIpc) is 2.73. The summed E-state index contributed by atoms with van der Waals surface area (Å²) in [5, 5.41) is 0.